The molecule has 0 aromatic carbocycles. The second kappa shape index (κ2) is 7.31. The summed E-state index contributed by atoms with van der Waals surface area (Å²) >= 11 is 1.47. The molecule has 2 heterocycles. The van der Waals surface area contributed by atoms with Crippen molar-refractivity contribution in [3.05, 3.63) is 11.1 Å². The summed E-state index contributed by atoms with van der Waals surface area (Å²) in [6.07, 6.45) is 1.33. The summed E-state index contributed by atoms with van der Waals surface area (Å²) < 4.78 is 5.26. The van der Waals surface area contributed by atoms with Gasteiger partial charge in [-0.3, -0.25) is 9.69 Å². The molecule has 1 aromatic rings. The molecule has 0 atom stereocenters. The van der Waals surface area contributed by atoms with Gasteiger partial charge in [0.25, 0.3) is 0 Å². The minimum atomic E-state index is -0.675. The molecule has 0 saturated carbocycles. The normalized spacial score (nSPS) is 17.7. The average molecular weight is 313 g/mol. The maximum absolute atomic E-state index is 11.5. The molecular weight excluding hydrogens is 290 g/mol. The Morgan fingerprint density at radius 2 is 2.29 bits per heavy atom. The lowest BCUT2D eigenvalue weighted by Crippen LogP contribution is -2.44. The molecule has 2 rings (SSSR count). The van der Waals surface area contributed by atoms with Gasteiger partial charge in [-0.15, -0.1) is 11.3 Å². The van der Waals surface area contributed by atoms with Gasteiger partial charge in [-0.05, 0) is 6.92 Å². The highest BCUT2D eigenvalue weighted by atomic mass is 32.1. The first-order valence-electron chi connectivity index (χ1n) is 7.27. The maximum Gasteiger partial charge on any atom is 0.225 e. The Morgan fingerprint density at radius 3 is 2.90 bits per heavy atom. The first kappa shape index (κ1) is 16.4. The van der Waals surface area contributed by atoms with Gasteiger partial charge in [-0.2, -0.15) is 0 Å². The minimum absolute atomic E-state index is 0.00266. The van der Waals surface area contributed by atoms with Crippen LogP contribution in [-0.2, 0) is 16.1 Å². The molecule has 6 nitrogen and oxygen atoms in total. The zero-order valence-corrected chi connectivity index (χ0v) is 13.4. The van der Waals surface area contributed by atoms with E-state index < -0.39 is 5.60 Å². The molecule has 1 amide bonds. The van der Waals surface area contributed by atoms with Crippen LogP contribution in [0, 0.1) is 0 Å². The van der Waals surface area contributed by atoms with Crippen molar-refractivity contribution in [2.75, 3.05) is 31.2 Å². The van der Waals surface area contributed by atoms with Gasteiger partial charge in [0.05, 0.1) is 11.3 Å². The Kier molecular flexibility index (Phi) is 5.69. The van der Waals surface area contributed by atoms with E-state index in [-0.39, 0.29) is 5.91 Å². The number of anilines is 1. The van der Waals surface area contributed by atoms with E-state index >= 15 is 0 Å². The smallest absolute Gasteiger partial charge is 0.225 e. The van der Waals surface area contributed by atoms with Gasteiger partial charge in [0, 0.05) is 58.0 Å². The lowest BCUT2D eigenvalue weighted by molar-refractivity contribution is -0.116. The van der Waals surface area contributed by atoms with Crippen LogP contribution in [0.4, 0.5) is 5.13 Å². The van der Waals surface area contributed by atoms with E-state index in [0.717, 1.165) is 10.8 Å². The highest BCUT2D eigenvalue weighted by Crippen LogP contribution is 2.22. The number of hydrogen-bond donors (Lipinski definition) is 2. The lowest BCUT2D eigenvalue weighted by Gasteiger charge is -2.32. The summed E-state index contributed by atoms with van der Waals surface area (Å²) in [5.41, 5.74) is 0.219. The summed E-state index contributed by atoms with van der Waals surface area (Å²) in [5, 5.41) is 16.3. The largest absolute Gasteiger partial charge is 0.388 e. The molecule has 1 fully saturated rings. The van der Waals surface area contributed by atoms with Crippen molar-refractivity contribution < 1.29 is 14.6 Å². The highest BCUT2D eigenvalue weighted by Gasteiger charge is 2.29. The number of carbonyl (C=O) groups excluding carboxylic acids is 1. The van der Waals surface area contributed by atoms with Crippen LogP contribution in [0.2, 0.25) is 0 Å². The van der Waals surface area contributed by atoms with Crippen molar-refractivity contribution in [1.82, 2.24) is 10.3 Å². The number of ether oxygens (including phenoxy) is 1. The molecule has 21 heavy (non-hydrogen) atoms. The van der Waals surface area contributed by atoms with E-state index in [1.807, 2.05) is 12.3 Å². The second-order valence-corrected chi connectivity index (χ2v) is 6.16. The Bertz CT molecular complexity index is 472. The fraction of sp³-hybridized carbons (Fsp3) is 0.714. The van der Waals surface area contributed by atoms with E-state index in [1.165, 1.54) is 11.3 Å². The van der Waals surface area contributed by atoms with Crippen molar-refractivity contribution in [2.24, 2.45) is 0 Å². The number of aliphatic hydroxyl groups is 1. The van der Waals surface area contributed by atoms with Crippen molar-refractivity contribution in [3.63, 3.8) is 0 Å². The number of hydrogen-bond acceptors (Lipinski definition) is 6. The number of carbonyl (C=O) groups is 1. The van der Waals surface area contributed by atoms with E-state index in [1.54, 1.807) is 11.8 Å². The lowest BCUT2D eigenvalue weighted by atomic mass is 9.94. The first-order valence-corrected chi connectivity index (χ1v) is 8.15. The van der Waals surface area contributed by atoms with Gasteiger partial charge < -0.3 is 15.2 Å². The predicted molar refractivity (Wildman–Crippen MR) is 82.5 cm³/mol. The molecule has 0 unspecified atom stereocenters. The topological polar surface area (TPSA) is 74.7 Å². The molecule has 0 radical (unpaired) electrons. The van der Waals surface area contributed by atoms with Crippen LogP contribution >= 0.6 is 11.3 Å². The zero-order valence-electron chi connectivity index (χ0n) is 12.6. The summed E-state index contributed by atoms with van der Waals surface area (Å²) in [6, 6.07) is 0. The molecule has 2 N–H and O–H groups in total. The van der Waals surface area contributed by atoms with Gasteiger partial charge in [0.2, 0.25) is 5.91 Å². The number of nitrogens with zero attached hydrogens (tertiary/aromatic N) is 2. The third kappa shape index (κ3) is 4.47. The predicted octanol–water partition coefficient (Wildman–Crippen LogP) is 1.15. The van der Waals surface area contributed by atoms with Gasteiger partial charge in [-0.1, -0.05) is 0 Å². The maximum atomic E-state index is 11.5. The van der Waals surface area contributed by atoms with Crippen LogP contribution in [0.3, 0.4) is 0 Å². The molecule has 118 valence electrons. The number of aromatic nitrogens is 1. The summed E-state index contributed by atoms with van der Waals surface area (Å²) in [4.78, 5) is 17.6. The Morgan fingerprint density at radius 1 is 1.57 bits per heavy atom. The van der Waals surface area contributed by atoms with E-state index in [9.17, 15) is 9.90 Å². The molecule has 7 heteroatoms. The van der Waals surface area contributed by atoms with Gasteiger partial charge in [0.1, 0.15) is 0 Å². The third-order valence-corrected chi connectivity index (χ3v) is 4.56. The van der Waals surface area contributed by atoms with Crippen molar-refractivity contribution in [2.45, 2.75) is 38.8 Å². The molecule has 0 aliphatic carbocycles. The first-order chi connectivity index (χ1) is 10.0. The molecular formula is C14H23N3O3S. The van der Waals surface area contributed by atoms with Crippen molar-refractivity contribution >= 4 is 22.4 Å². The van der Waals surface area contributed by atoms with Gasteiger partial charge in [-0.25, -0.2) is 4.98 Å². The number of thiazole rings is 1. The second-order valence-electron chi connectivity index (χ2n) is 5.32. The van der Waals surface area contributed by atoms with Crippen LogP contribution < -0.4 is 10.2 Å². The molecule has 1 saturated heterocycles. The molecule has 0 bridgehead atoms. The zero-order chi connectivity index (χ0) is 15.3. The Labute approximate surface area is 129 Å². The summed E-state index contributed by atoms with van der Waals surface area (Å²) in [7, 11) is 0. The molecule has 1 aliphatic rings. The monoisotopic (exact) mass is 313 g/mol. The SMILES string of the molecule is CCN(C(C)=O)c1nc(CNCC2(O)CCOCC2)cs1. The highest BCUT2D eigenvalue weighted by molar-refractivity contribution is 7.14. The number of amides is 1. The van der Waals surface area contributed by atoms with Gasteiger partial charge in [0.15, 0.2) is 5.13 Å². The molecule has 0 spiro atoms. The number of rotatable bonds is 6. The van der Waals surface area contributed by atoms with E-state index in [2.05, 4.69) is 10.3 Å². The molecule has 1 aromatic heterocycles. The van der Waals surface area contributed by atoms with E-state index in [4.69, 9.17) is 4.74 Å². The Balaban J connectivity index is 1.84. The standard InChI is InChI=1S/C14H23N3O3S/c1-3-17(11(2)18)13-16-12(9-21-13)8-15-10-14(19)4-6-20-7-5-14/h9,15,19H,3-8,10H2,1-2H3. The number of nitrogens with one attached hydrogen (secondary N) is 1. The van der Waals surface area contributed by atoms with E-state index in [0.29, 0.717) is 45.7 Å². The van der Waals surface area contributed by atoms with Crippen LogP contribution in [0.15, 0.2) is 5.38 Å². The van der Waals surface area contributed by atoms with Gasteiger partial charge >= 0.3 is 0 Å². The average Bonchev–Trinajstić information content (AvgIpc) is 2.88. The van der Waals surface area contributed by atoms with Crippen LogP contribution in [-0.4, -0.2) is 47.9 Å². The van der Waals surface area contributed by atoms with Crippen LogP contribution in [0.25, 0.3) is 0 Å². The van der Waals surface area contributed by atoms with Crippen LogP contribution in [0.5, 0.6) is 0 Å². The minimum Gasteiger partial charge on any atom is -0.388 e. The van der Waals surface area contributed by atoms with Crippen molar-refractivity contribution in [1.29, 1.82) is 0 Å². The summed E-state index contributed by atoms with van der Waals surface area (Å²) in [6.45, 7) is 6.45. The van der Waals surface area contributed by atoms with Crippen molar-refractivity contribution in [3.8, 4) is 0 Å². The molecule has 1 aliphatic heterocycles. The summed E-state index contributed by atoms with van der Waals surface area (Å²) in [5.74, 6) is 0.00266. The fourth-order valence-corrected chi connectivity index (χ4v) is 3.28. The third-order valence-electron chi connectivity index (χ3n) is 3.65. The fourth-order valence-electron chi connectivity index (χ4n) is 2.35. The quantitative estimate of drug-likeness (QED) is 0.824. The Hall–Kier alpha value is -1.02. The van der Waals surface area contributed by atoms with Crippen LogP contribution in [0.1, 0.15) is 32.4 Å².